The van der Waals surface area contributed by atoms with Crippen LogP contribution in [0, 0.1) is 0 Å². The van der Waals surface area contributed by atoms with Crippen LogP contribution < -0.4 is 19.7 Å². The zero-order valence-electron chi connectivity index (χ0n) is 22.8. The van der Waals surface area contributed by atoms with E-state index in [-0.39, 0.29) is 11.2 Å². The van der Waals surface area contributed by atoms with Gasteiger partial charge in [-0.1, -0.05) is 24.3 Å². The molecule has 1 saturated heterocycles. The van der Waals surface area contributed by atoms with Gasteiger partial charge in [0.1, 0.15) is 23.9 Å². The number of amides is 2. The molecule has 1 aliphatic heterocycles. The first kappa shape index (κ1) is 27.6. The SMILES string of the molecule is CSC(Cc1ccc(OCc2nc3ccc(Oc4ccccc4N4CCCCC4)cc3n2C)cc1)C(=O)NC=O. The van der Waals surface area contributed by atoms with Crippen molar-refractivity contribution < 1.29 is 19.1 Å². The second kappa shape index (κ2) is 12.9. The molecular formula is C31H34N4O4S. The Morgan fingerprint density at radius 3 is 2.55 bits per heavy atom. The normalized spacial score (nSPS) is 14.1. The van der Waals surface area contributed by atoms with E-state index in [1.165, 1.54) is 31.0 Å². The lowest BCUT2D eigenvalue weighted by Crippen LogP contribution is -2.32. The molecular weight excluding hydrogens is 524 g/mol. The van der Waals surface area contributed by atoms with E-state index in [0.717, 1.165) is 52.7 Å². The zero-order valence-corrected chi connectivity index (χ0v) is 23.7. The summed E-state index contributed by atoms with van der Waals surface area (Å²) in [4.78, 5) is 29.8. The summed E-state index contributed by atoms with van der Waals surface area (Å²) in [7, 11) is 1.98. The predicted molar refractivity (Wildman–Crippen MR) is 159 cm³/mol. The smallest absolute Gasteiger partial charge is 0.239 e. The minimum atomic E-state index is -0.330. The molecule has 8 nitrogen and oxygen atoms in total. The topological polar surface area (TPSA) is 85.7 Å². The molecule has 40 heavy (non-hydrogen) atoms. The Kier molecular flexibility index (Phi) is 8.91. The van der Waals surface area contributed by atoms with Crippen molar-refractivity contribution >= 4 is 40.8 Å². The summed E-state index contributed by atoms with van der Waals surface area (Å²) in [6.45, 7) is 2.43. The number of nitrogens with zero attached hydrogens (tertiary/aromatic N) is 3. The fraction of sp³-hybridized carbons (Fsp3) is 0.323. The minimum Gasteiger partial charge on any atom is -0.486 e. The maximum atomic E-state index is 12.0. The molecule has 0 bridgehead atoms. The van der Waals surface area contributed by atoms with Gasteiger partial charge in [0.15, 0.2) is 5.75 Å². The number of fused-ring (bicyclic) bond motifs is 1. The van der Waals surface area contributed by atoms with Crippen LogP contribution in [-0.2, 0) is 29.7 Å². The highest BCUT2D eigenvalue weighted by molar-refractivity contribution is 7.99. The van der Waals surface area contributed by atoms with Gasteiger partial charge >= 0.3 is 0 Å². The maximum absolute atomic E-state index is 12.0. The Morgan fingerprint density at radius 2 is 1.80 bits per heavy atom. The van der Waals surface area contributed by atoms with Crippen LogP contribution in [0.2, 0.25) is 0 Å². The molecule has 0 spiro atoms. The first-order chi connectivity index (χ1) is 19.6. The summed E-state index contributed by atoms with van der Waals surface area (Å²) >= 11 is 1.41. The average molecular weight is 559 g/mol. The maximum Gasteiger partial charge on any atom is 0.239 e. The van der Waals surface area contributed by atoms with Crippen molar-refractivity contribution in [2.45, 2.75) is 37.5 Å². The Bertz CT molecular complexity index is 1460. The third-order valence-corrected chi connectivity index (χ3v) is 8.18. The van der Waals surface area contributed by atoms with E-state index in [9.17, 15) is 9.59 Å². The number of carbonyl (C=O) groups is 2. The Hall–Kier alpha value is -3.98. The van der Waals surface area contributed by atoms with Gasteiger partial charge in [0.05, 0.1) is 22.0 Å². The van der Waals surface area contributed by atoms with Crippen molar-refractivity contribution in [1.82, 2.24) is 14.9 Å². The second-order valence-electron chi connectivity index (χ2n) is 9.84. The Morgan fingerprint density at radius 1 is 1.05 bits per heavy atom. The van der Waals surface area contributed by atoms with Crippen molar-refractivity contribution in [3.05, 3.63) is 78.1 Å². The first-order valence-electron chi connectivity index (χ1n) is 13.5. The number of aromatic nitrogens is 2. The van der Waals surface area contributed by atoms with Crippen LogP contribution in [0.3, 0.4) is 0 Å². The monoisotopic (exact) mass is 558 g/mol. The molecule has 0 aliphatic carbocycles. The molecule has 9 heteroatoms. The molecule has 5 rings (SSSR count). The van der Waals surface area contributed by atoms with E-state index < -0.39 is 0 Å². The minimum absolute atomic E-state index is 0.288. The van der Waals surface area contributed by atoms with Crippen molar-refractivity contribution in [2.24, 2.45) is 7.05 Å². The quantitative estimate of drug-likeness (QED) is 0.244. The van der Waals surface area contributed by atoms with Crippen LogP contribution >= 0.6 is 11.8 Å². The number of hydrogen-bond acceptors (Lipinski definition) is 7. The number of imide groups is 1. The van der Waals surface area contributed by atoms with Crippen LogP contribution in [0.25, 0.3) is 11.0 Å². The van der Waals surface area contributed by atoms with E-state index in [0.29, 0.717) is 25.2 Å². The lowest BCUT2D eigenvalue weighted by molar-refractivity contribution is -0.124. The zero-order chi connectivity index (χ0) is 27.9. The average Bonchev–Trinajstić information content (AvgIpc) is 3.30. The number of aryl methyl sites for hydroxylation is 1. The fourth-order valence-corrected chi connectivity index (χ4v) is 5.64. The molecule has 4 aromatic rings. The molecule has 1 aliphatic rings. The summed E-state index contributed by atoms with van der Waals surface area (Å²) < 4.78 is 14.4. The van der Waals surface area contributed by atoms with E-state index >= 15 is 0 Å². The van der Waals surface area contributed by atoms with Crippen LogP contribution in [0.15, 0.2) is 66.7 Å². The molecule has 2 heterocycles. The van der Waals surface area contributed by atoms with Gasteiger partial charge in [0, 0.05) is 26.2 Å². The molecule has 0 saturated carbocycles. The highest BCUT2D eigenvalue weighted by atomic mass is 32.2. The number of anilines is 1. The van der Waals surface area contributed by atoms with Crippen molar-refractivity contribution in [3.8, 4) is 17.2 Å². The third kappa shape index (κ3) is 6.42. The molecule has 1 N–H and O–H groups in total. The van der Waals surface area contributed by atoms with Crippen LogP contribution in [0.1, 0.15) is 30.7 Å². The largest absolute Gasteiger partial charge is 0.486 e. The molecule has 1 fully saturated rings. The lowest BCUT2D eigenvalue weighted by Gasteiger charge is -2.30. The molecule has 1 unspecified atom stereocenters. The number of ether oxygens (including phenoxy) is 2. The Balaban J connectivity index is 1.25. The van der Waals surface area contributed by atoms with Gasteiger partial charge in [-0.15, -0.1) is 0 Å². The summed E-state index contributed by atoms with van der Waals surface area (Å²) in [5.41, 5.74) is 3.98. The molecule has 1 aromatic heterocycles. The summed E-state index contributed by atoms with van der Waals surface area (Å²) in [6.07, 6.45) is 6.52. The van der Waals surface area contributed by atoms with Gasteiger partial charge < -0.3 is 18.9 Å². The van der Waals surface area contributed by atoms with Crippen molar-refractivity contribution in [1.29, 1.82) is 0 Å². The fourth-order valence-electron chi connectivity index (χ4n) is 5.00. The van der Waals surface area contributed by atoms with Crippen molar-refractivity contribution in [2.75, 3.05) is 24.2 Å². The summed E-state index contributed by atoms with van der Waals surface area (Å²) in [5, 5.41) is 1.90. The summed E-state index contributed by atoms with van der Waals surface area (Å²) in [5.74, 6) is 2.87. The molecule has 2 amide bonds. The van der Waals surface area contributed by atoms with Gasteiger partial charge in [-0.2, -0.15) is 11.8 Å². The summed E-state index contributed by atoms with van der Waals surface area (Å²) in [6, 6.07) is 21.9. The van der Waals surface area contributed by atoms with Gasteiger partial charge in [-0.3, -0.25) is 14.9 Å². The Labute approximate surface area is 238 Å². The number of nitrogens with one attached hydrogen (secondary N) is 1. The second-order valence-corrected chi connectivity index (χ2v) is 10.9. The molecule has 208 valence electrons. The first-order valence-corrected chi connectivity index (χ1v) is 14.8. The molecule has 3 aromatic carbocycles. The number of carbonyl (C=O) groups excluding carboxylic acids is 2. The van der Waals surface area contributed by atoms with Gasteiger partial charge in [-0.05, 0) is 73.9 Å². The highest BCUT2D eigenvalue weighted by Gasteiger charge is 2.18. The number of piperidine rings is 1. The predicted octanol–water partition coefficient (Wildman–Crippen LogP) is 5.48. The number of hydrogen-bond donors (Lipinski definition) is 1. The number of para-hydroxylation sites is 2. The van der Waals surface area contributed by atoms with Gasteiger partial charge in [0.2, 0.25) is 12.3 Å². The number of imidazole rings is 1. The lowest BCUT2D eigenvalue weighted by atomic mass is 10.1. The molecule has 1 atom stereocenters. The standard InChI is InChI=1S/C31H34N4O4S/c1-34-27-19-24(39-28-9-5-4-8-26(28)35-16-6-3-7-17-35)14-15-25(27)33-30(34)20-38-23-12-10-22(11-13-23)18-29(40-2)31(37)32-21-36/h4-5,8-15,19,21,29H,3,6-7,16-18,20H2,1-2H3,(H,32,36,37). The van der Waals surface area contributed by atoms with Gasteiger partial charge in [-0.25, -0.2) is 4.98 Å². The number of rotatable bonds is 11. The molecule has 0 radical (unpaired) electrons. The van der Waals surface area contributed by atoms with Crippen molar-refractivity contribution in [3.63, 3.8) is 0 Å². The third-order valence-electron chi connectivity index (χ3n) is 7.23. The van der Waals surface area contributed by atoms with Crippen LogP contribution in [0.5, 0.6) is 17.2 Å². The number of benzene rings is 3. The van der Waals surface area contributed by atoms with Crippen LogP contribution in [0.4, 0.5) is 5.69 Å². The van der Waals surface area contributed by atoms with Crippen LogP contribution in [-0.4, -0.2) is 46.5 Å². The highest BCUT2D eigenvalue weighted by Crippen LogP contribution is 2.35. The van der Waals surface area contributed by atoms with E-state index in [1.807, 2.05) is 72.5 Å². The number of thioether (sulfide) groups is 1. The van der Waals surface area contributed by atoms with E-state index in [4.69, 9.17) is 14.5 Å². The van der Waals surface area contributed by atoms with E-state index in [2.05, 4.69) is 22.3 Å². The van der Waals surface area contributed by atoms with Gasteiger partial charge in [0.25, 0.3) is 0 Å². The van der Waals surface area contributed by atoms with E-state index in [1.54, 1.807) is 0 Å².